The number of alkyl halides is 3. The number of aromatic nitrogens is 1. The van der Waals surface area contributed by atoms with Crippen molar-refractivity contribution in [3.63, 3.8) is 0 Å². The second-order valence-electron chi connectivity index (χ2n) is 9.93. The van der Waals surface area contributed by atoms with Crippen molar-refractivity contribution in [3.8, 4) is 11.1 Å². The van der Waals surface area contributed by atoms with E-state index in [-0.39, 0.29) is 11.7 Å². The van der Waals surface area contributed by atoms with Crippen molar-refractivity contribution in [1.82, 2.24) is 14.8 Å². The molecule has 208 valence electrons. The highest BCUT2D eigenvalue weighted by Crippen LogP contribution is 2.39. The lowest BCUT2D eigenvalue weighted by Gasteiger charge is -2.41. The number of aliphatic hydroxyl groups is 1. The van der Waals surface area contributed by atoms with Crippen molar-refractivity contribution in [1.29, 1.82) is 0 Å². The highest BCUT2D eigenvalue weighted by Gasteiger charge is 2.51. The van der Waals surface area contributed by atoms with E-state index < -0.39 is 11.8 Å². The van der Waals surface area contributed by atoms with Gasteiger partial charge in [-0.05, 0) is 53.3 Å². The molecule has 2 atom stereocenters. The molecule has 1 saturated heterocycles. The van der Waals surface area contributed by atoms with Gasteiger partial charge in [-0.25, -0.2) is 0 Å². The molecule has 1 aromatic heterocycles. The molecule has 1 unspecified atom stereocenters. The fraction of sp³-hybridized carbons (Fsp3) is 0.400. The molecule has 2 aromatic carbocycles. The molecule has 1 aliphatic heterocycles. The summed E-state index contributed by atoms with van der Waals surface area (Å²) in [5, 5.41) is 9.88. The highest BCUT2D eigenvalue weighted by atomic mass is 19.4. The molecule has 9 heteroatoms. The van der Waals surface area contributed by atoms with Crippen LogP contribution >= 0.6 is 0 Å². The SMILES string of the molecule is CCC[C@@H]1CN(Cc2ccc(-c3ccc(C(C)(O)C(F)(F)F)cc3)cc2)CCN1Cc1ccncc1.O=C=O. The molecule has 0 bridgehead atoms. The van der Waals surface area contributed by atoms with Gasteiger partial charge in [0.2, 0.25) is 0 Å². The molecule has 0 amide bonds. The summed E-state index contributed by atoms with van der Waals surface area (Å²) < 4.78 is 39.3. The normalized spacial score (nSPS) is 17.9. The predicted octanol–water partition coefficient (Wildman–Crippen LogP) is 5.42. The Morgan fingerprint density at radius 3 is 1.97 bits per heavy atom. The highest BCUT2D eigenvalue weighted by molar-refractivity contribution is 5.64. The van der Waals surface area contributed by atoms with E-state index in [1.807, 2.05) is 24.5 Å². The zero-order valence-electron chi connectivity index (χ0n) is 22.2. The van der Waals surface area contributed by atoms with Gasteiger partial charge in [-0.1, -0.05) is 61.9 Å². The standard InChI is InChI=1S/C29H34F3N3O.CO2/c1-3-4-27-21-34(17-18-35(27)20-23-13-15-33-16-14-23)19-22-5-7-24(8-6-22)25-9-11-26(12-10-25)28(2,36)29(30,31)32;2-1-3/h5-16,27,36H,3-4,17-21H2,1-2H3;/t27-,28?;/m1./s1. The number of pyridine rings is 1. The number of hydrogen-bond acceptors (Lipinski definition) is 6. The van der Waals surface area contributed by atoms with Crippen molar-refractivity contribution in [2.75, 3.05) is 19.6 Å². The Balaban J connectivity index is 0.00000134. The third-order valence-electron chi connectivity index (χ3n) is 7.14. The summed E-state index contributed by atoms with van der Waals surface area (Å²) >= 11 is 0. The van der Waals surface area contributed by atoms with Crippen LogP contribution in [0.5, 0.6) is 0 Å². The summed E-state index contributed by atoms with van der Waals surface area (Å²) in [5.74, 6) is 0. The largest absolute Gasteiger partial charge is 0.421 e. The third-order valence-corrected chi connectivity index (χ3v) is 7.14. The summed E-state index contributed by atoms with van der Waals surface area (Å²) in [6.45, 7) is 7.90. The van der Waals surface area contributed by atoms with Crippen LogP contribution in [0.15, 0.2) is 73.1 Å². The van der Waals surface area contributed by atoms with E-state index in [4.69, 9.17) is 9.59 Å². The van der Waals surface area contributed by atoms with E-state index in [9.17, 15) is 18.3 Å². The lowest BCUT2D eigenvalue weighted by Crippen LogP contribution is -2.52. The summed E-state index contributed by atoms with van der Waals surface area (Å²) in [6, 6.07) is 18.8. The van der Waals surface area contributed by atoms with Crippen molar-refractivity contribution >= 4 is 6.15 Å². The Labute approximate surface area is 227 Å². The zero-order chi connectivity index (χ0) is 28.5. The zero-order valence-corrected chi connectivity index (χ0v) is 22.2. The van der Waals surface area contributed by atoms with Crippen LogP contribution in [0.3, 0.4) is 0 Å². The summed E-state index contributed by atoms with van der Waals surface area (Å²) in [7, 11) is 0. The van der Waals surface area contributed by atoms with Gasteiger partial charge in [-0.3, -0.25) is 14.8 Å². The minimum absolute atomic E-state index is 0.167. The molecule has 0 radical (unpaired) electrons. The molecule has 2 heterocycles. The predicted molar refractivity (Wildman–Crippen MR) is 141 cm³/mol. The van der Waals surface area contributed by atoms with Gasteiger partial charge in [0.25, 0.3) is 0 Å². The second-order valence-corrected chi connectivity index (χ2v) is 9.93. The first kappa shape index (κ1) is 30.2. The van der Waals surface area contributed by atoms with E-state index in [1.54, 1.807) is 12.1 Å². The van der Waals surface area contributed by atoms with Gasteiger partial charge in [0.1, 0.15) is 0 Å². The van der Waals surface area contributed by atoms with Gasteiger partial charge in [0, 0.05) is 51.2 Å². The number of piperazine rings is 1. The summed E-state index contributed by atoms with van der Waals surface area (Å²) in [4.78, 5) is 25.5. The van der Waals surface area contributed by atoms with Crippen LogP contribution in [0.25, 0.3) is 11.1 Å². The molecule has 0 saturated carbocycles. The first-order valence-electron chi connectivity index (χ1n) is 12.9. The smallest absolute Gasteiger partial charge is 0.376 e. The monoisotopic (exact) mass is 541 g/mol. The van der Waals surface area contributed by atoms with Crippen LogP contribution in [-0.2, 0) is 28.3 Å². The second kappa shape index (κ2) is 13.6. The molecule has 6 nitrogen and oxygen atoms in total. The fourth-order valence-corrected chi connectivity index (χ4v) is 4.85. The Bertz CT molecular complexity index is 1190. The molecule has 0 aliphatic carbocycles. The van der Waals surface area contributed by atoms with Crippen LogP contribution in [0.1, 0.15) is 43.4 Å². The van der Waals surface area contributed by atoms with E-state index in [1.165, 1.54) is 23.3 Å². The maximum atomic E-state index is 13.1. The van der Waals surface area contributed by atoms with Crippen LogP contribution < -0.4 is 0 Å². The lowest BCUT2D eigenvalue weighted by atomic mass is 9.93. The van der Waals surface area contributed by atoms with Crippen molar-refractivity contribution < 1.29 is 27.9 Å². The third kappa shape index (κ3) is 8.07. The minimum Gasteiger partial charge on any atom is -0.376 e. The quantitative estimate of drug-likeness (QED) is 0.411. The first-order chi connectivity index (χ1) is 18.6. The van der Waals surface area contributed by atoms with E-state index in [0.717, 1.165) is 63.6 Å². The average Bonchev–Trinajstić information content (AvgIpc) is 2.91. The molecule has 1 N–H and O–H groups in total. The van der Waals surface area contributed by atoms with Crippen LogP contribution in [0, 0.1) is 0 Å². The Kier molecular flexibility index (Phi) is 10.5. The maximum absolute atomic E-state index is 13.1. The number of carbonyl (C=O) groups excluding carboxylic acids is 2. The molecular weight excluding hydrogens is 507 g/mol. The van der Waals surface area contributed by atoms with Gasteiger partial charge in [-0.15, -0.1) is 0 Å². The van der Waals surface area contributed by atoms with Crippen molar-refractivity contribution in [2.24, 2.45) is 0 Å². The van der Waals surface area contributed by atoms with Crippen LogP contribution in [0.4, 0.5) is 13.2 Å². The fourth-order valence-electron chi connectivity index (χ4n) is 4.85. The van der Waals surface area contributed by atoms with Crippen LogP contribution in [-0.4, -0.2) is 57.9 Å². The van der Waals surface area contributed by atoms with Gasteiger partial charge in [-0.2, -0.15) is 22.8 Å². The minimum atomic E-state index is -4.73. The Morgan fingerprint density at radius 1 is 0.897 bits per heavy atom. The van der Waals surface area contributed by atoms with E-state index in [2.05, 4.69) is 46.0 Å². The molecule has 4 rings (SSSR count). The Hall–Kier alpha value is -3.36. The number of nitrogens with zero attached hydrogens (tertiary/aromatic N) is 3. The maximum Gasteiger partial charge on any atom is 0.421 e. The Morgan fingerprint density at radius 2 is 1.44 bits per heavy atom. The van der Waals surface area contributed by atoms with Gasteiger partial charge >= 0.3 is 12.3 Å². The van der Waals surface area contributed by atoms with E-state index >= 15 is 0 Å². The molecular formula is C30H34F3N3O3. The molecule has 0 spiro atoms. The van der Waals surface area contributed by atoms with Crippen LogP contribution in [0.2, 0.25) is 0 Å². The first-order valence-corrected chi connectivity index (χ1v) is 12.9. The molecule has 3 aromatic rings. The number of hydrogen-bond donors (Lipinski definition) is 1. The van der Waals surface area contributed by atoms with Gasteiger partial charge in [0.15, 0.2) is 5.60 Å². The molecule has 1 fully saturated rings. The summed E-state index contributed by atoms with van der Waals surface area (Å²) in [6.07, 6.45) is 1.54. The molecule has 1 aliphatic rings. The number of benzene rings is 2. The van der Waals surface area contributed by atoms with Crippen molar-refractivity contribution in [2.45, 2.75) is 57.6 Å². The average molecular weight is 542 g/mol. The van der Waals surface area contributed by atoms with Crippen molar-refractivity contribution in [3.05, 3.63) is 89.7 Å². The topological polar surface area (TPSA) is 73.7 Å². The summed E-state index contributed by atoms with van der Waals surface area (Å²) in [5.41, 5.74) is 1.23. The lowest BCUT2D eigenvalue weighted by molar-refractivity contribution is -0.258. The number of rotatable bonds is 8. The van der Waals surface area contributed by atoms with Gasteiger partial charge in [0.05, 0.1) is 0 Å². The van der Waals surface area contributed by atoms with E-state index in [0.29, 0.717) is 6.04 Å². The van der Waals surface area contributed by atoms with Gasteiger partial charge < -0.3 is 5.11 Å². The number of halogens is 3. The molecule has 39 heavy (non-hydrogen) atoms.